The molecular formula is C31H57N3O13. The Hall–Kier alpha value is -2.89. The molecule has 0 aromatic heterocycles. The SMILES string of the molecule is COC(=O)CCOCCOCCOCCC(=O)NC(CCCCNC(=O)OC(C)(C)C)C(=O)NCCOCCOCCOCCC=O. The maximum absolute atomic E-state index is 12.9. The van der Waals surface area contributed by atoms with Gasteiger partial charge in [0.2, 0.25) is 11.8 Å². The highest BCUT2D eigenvalue weighted by Crippen LogP contribution is 2.07. The van der Waals surface area contributed by atoms with Crippen molar-refractivity contribution in [2.45, 2.75) is 70.9 Å². The maximum Gasteiger partial charge on any atom is 0.407 e. The third kappa shape index (κ3) is 31.5. The van der Waals surface area contributed by atoms with Crippen molar-refractivity contribution in [3.05, 3.63) is 0 Å². The second-order valence-corrected chi connectivity index (χ2v) is 11.0. The zero-order chi connectivity index (χ0) is 35.0. The molecule has 0 spiro atoms. The summed E-state index contributed by atoms with van der Waals surface area (Å²) in [6, 6.07) is -0.769. The predicted molar refractivity (Wildman–Crippen MR) is 170 cm³/mol. The van der Waals surface area contributed by atoms with E-state index in [2.05, 4.69) is 20.7 Å². The number of hydrogen-bond donors (Lipinski definition) is 3. The van der Waals surface area contributed by atoms with E-state index in [1.807, 2.05) is 0 Å². The Balaban J connectivity index is 4.33. The van der Waals surface area contributed by atoms with Crippen molar-refractivity contribution >= 4 is 30.2 Å². The van der Waals surface area contributed by atoms with Crippen molar-refractivity contribution in [3.63, 3.8) is 0 Å². The van der Waals surface area contributed by atoms with Gasteiger partial charge in [-0.05, 0) is 40.0 Å². The fraction of sp³-hybridized carbons (Fsp3) is 0.839. The summed E-state index contributed by atoms with van der Waals surface area (Å²) in [7, 11) is 1.32. The van der Waals surface area contributed by atoms with Crippen LogP contribution in [0, 0.1) is 0 Å². The number of hydrogen-bond acceptors (Lipinski definition) is 13. The van der Waals surface area contributed by atoms with Crippen LogP contribution in [0.5, 0.6) is 0 Å². The minimum Gasteiger partial charge on any atom is -0.469 e. The van der Waals surface area contributed by atoms with Crippen LogP contribution < -0.4 is 16.0 Å². The number of esters is 1. The molecule has 0 bridgehead atoms. The Morgan fingerprint density at radius 1 is 0.660 bits per heavy atom. The van der Waals surface area contributed by atoms with Crippen LogP contribution in [0.4, 0.5) is 4.79 Å². The summed E-state index contributed by atoms with van der Waals surface area (Å²) in [5, 5.41) is 8.23. The lowest BCUT2D eigenvalue weighted by Gasteiger charge is -2.20. The number of carbonyl (C=O) groups is 5. The number of nitrogens with one attached hydrogen (secondary N) is 3. The molecule has 0 heterocycles. The molecule has 274 valence electrons. The normalized spacial score (nSPS) is 11.8. The molecule has 1 atom stereocenters. The van der Waals surface area contributed by atoms with Crippen LogP contribution in [0.3, 0.4) is 0 Å². The van der Waals surface area contributed by atoms with E-state index in [0.717, 1.165) is 6.29 Å². The van der Waals surface area contributed by atoms with E-state index in [0.29, 0.717) is 85.1 Å². The topological polar surface area (TPSA) is 195 Å². The number of ether oxygens (including phenoxy) is 8. The summed E-state index contributed by atoms with van der Waals surface area (Å²) in [6.45, 7) is 9.77. The van der Waals surface area contributed by atoms with Crippen molar-refractivity contribution in [2.75, 3.05) is 99.5 Å². The van der Waals surface area contributed by atoms with Crippen LogP contribution in [0.25, 0.3) is 0 Å². The third-order valence-corrected chi connectivity index (χ3v) is 5.80. The average Bonchev–Trinajstić information content (AvgIpc) is 3.02. The fourth-order valence-corrected chi connectivity index (χ4v) is 3.52. The van der Waals surface area contributed by atoms with Gasteiger partial charge in [0.05, 0.1) is 92.8 Å². The number of aldehydes is 1. The first-order valence-electron chi connectivity index (χ1n) is 16.1. The van der Waals surface area contributed by atoms with E-state index >= 15 is 0 Å². The van der Waals surface area contributed by atoms with Gasteiger partial charge in [0.15, 0.2) is 0 Å². The van der Waals surface area contributed by atoms with Crippen molar-refractivity contribution in [3.8, 4) is 0 Å². The summed E-state index contributed by atoms with van der Waals surface area (Å²) in [4.78, 5) is 58.5. The molecule has 1 unspecified atom stereocenters. The van der Waals surface area contributed by atoms with Crippen molar-refractivity contribution in [1.82, 2.24) is 16.0 Å². The van der Waals surface area contributed by atoms with Gasteiger partial charge >= 0.3 is 12.1 Å². The summed E-state index contributed by atoms with van der Waals surface area (Å²) in [5.41, 5.74) is -0.596. The van der Waals surface area contributed by atoms with E-state index in [-0.39, 0.29) is 63.6 Å². The molecule has 0 saturated carbocycles. The first-order valence-corrected chi connectivity index (χ1v) is 16.1. The van der Waals surface area contributed by atoms with Gasteiger partial charge in [0.25, 0.3) is 0 Å². The smallest absolute Gasteiger partial charge is 0.407 e. The van der Waals surface area contributed by atoms with E-state index < -0.39 is 17.7 Å². The molecule has 0 aromatic rings. The van der Waals surface area contributed by atoms with E-state index in [9.17, 15) is 24.0 Å². The number of carbonyl (C=O) groups excluding carboxylic acids is 5. The molecule has 0 rings (SSSR count). The van der Waals surface area contributed by atoms with Gasteiger partial charge in [-0.3, -0.25) is 14.4 Å². The van der Waals surface area contributed by atoms with Crippen LogP contribution in [0.15, 0.2) is 0 Å². The lowest BCUT2D eigenvalue weighted by molar-refractivity contribution is -0.142. The molecule has 0 aliphatic heterocycles. The molecule has 0 aliphatic rings. The zero-order valence-electron chi connectivity index (χ0n) is 28.6. The standard InChI is InChI=1S/C31H57N3O13/c1-31(2,3)47-30(39)33-11-6-5-8-26(29(38)32-12-17-44-21-25-45-22-18-41-14-7-13-35)34-27(36)9-15-42-19-23-46-24-20-43-16-10-28(37)40-4/h13,26H,5-12,14-25H2,1-4H3,(H,32,38)(H,33,39)(H,34,36). The summed E-state index contributed by atoms with van der Waals surface area (Å²) in [6.07, 6.45) is 2.41. The first kappa shape index (κ1) is 44.1. The monoisotopic (exact) mass is 679 g/mol. The number of rotatable bonds is 31. The Labute approximate surface area is 278 Å². The third-order valence-electron chi connectivity index (χ3n) is 5.80. The number of amides is 3. The van der Waals surface area contributed by atoms with Gasteiger partial charge in [-0.2, -0.15) is 0 Å². The highest BCUT2D eigenvalue weighted by Gasteiger charge is 2.20. The van der Waals surface area contributed by atoms with Gasteiger partial charge in [0.1, 0.15) is 17.9 Å². The molecule has 47 heavy (non-hydrogen) atoms. The molecule has 16 nitrogen and oxygen atoms in total. The summed E-state index contributed by atoms with van der Waals surface area (Å²) < 4.78 is 41.9. The zero-order valence-corrected chi connectivity index (χ0v) is 28.6. The summed E-state index contributed by atoms with van der Waals surface area (Å²) >= 11 is 0. The van der Waals surface area contributed by atoms with E-state index in [1.165, 1.54) is 7.11 Å². The largest absolute Gasteiger partial charge is 0.469 e. The lowest BCUT2D eigenvalue weighted by Crippen LogP contribution is -2.47. The number of alkyl carbamates (subject to hydrolysis) is 1. The molecule has 16 heteroatoms. The molecule has 0 radical (unpaired) electrons. The molecule has 3 amide bonds. The molecule has 0 saturated heterocycles. The second kappa shape index (κ2) is 30.4. The summed E-state index contributed by atoms with van der Waals surface area (Å²) in [5.74, 6) is -1.01. The van der Waals surface area contributed by atoms with Gasteiger partial charge in [-0.1, -0.05) is 0 Å². The van der Waals surface area contributed by atoms with Crippen LogP contribution in [-0.2, 0) is 57.1 Å². The molecular weight excluding hydrogens is 622 g/mol. The van der Waals surface area contributed by atoms with Crippen molar-refractivity contribution in [2.24, 2.45) is 0 Å². The van der Waals surface area contributed by atoms with Gasteiger partial charge in [-0.15, -0.1) is 0 Å². The minimum absolute atomic E-state index is 0.0614. The highest BCUT2D eigenvalue weighted by atomic mass is 16.6. The lowest BCUT2D eigenvalue weighted by atomic mass is 10.1. The van der Waals surface area contributed by atoms with Gasteiger partial charge < -0.3 is 58.6 Å². The van der Waals surface area contributed by atoms with Crippen molar-refractivity contribution < 1.29 is 61.9 Å². The Bertz CT molecular complexity index is 840. The van der Waals surface area contributed by atoms with Crippen LogP contribution in [-0.4, -0.2) is 141 Å². The van der Waals surface area contributed by atoms with Crippen LogP contribution >= 0.6 is 0 Å². The molecule has 0 aromatic carbocycles. The highest BCUT2D eigenvalue weighted by molar-refractivity contribution is 5.87. The first-order chi connectivity index (χ1) is 22.6. The minimum atomic E-state index is -0.769. The Kier molecular flexibility index (Phi) is 28.6. The Morgan fingerprint density at radius 3 is 1.74 bits per heavy atom. The fourth-order valence-electron chi connectivity index (χ4n) is 3.52. The van der Waals surface area contributed by atoms with Crippen LogP contribution in [0.2, 0.25) is 0 Å². The maximum atomic E-state index is 12.9. The van der Waals surface area contributed by atoms with E-state index in [4.69, 9.17) is 33.2 Å². The van der Waals surface area contributed by atoms with Crippen molar-refractivity contribution in [1.29, 1.82) is 0 Å². The second-order valence-electron chi connectivity index (χ2n) is 11.0. The number of unbranched alkanes of at least 4 members (excludes halogenated alkanes) is 1. The predicted octanol–water partition coefficient (Wildman–Crippen LogP) is 0.924. The number of methoxy groups -OCH3 is 1. The van der Waals surface area contributed by atoms with E-state index in [1.54, 1.807) is 20.8 Å². The average molecular weight is 680 g/mol. The molecule has 0 aliphatic carbocycles. The Morgan fingerprint density at radius 2 is 1.19 bits per heavy atom. The van der Waals surface area contributed by atoms with Crippen LogP contribution in [0.1, 0.15) is 59.3 Å². The molecule has 3 N–H and O–H groups in total. The molecule has 0 fully saturated rings. The quantitative estimate of drug-likeness (QED) is 0.0532. The van der Waals surface area contributed by atoms with Gasteiger partial charge in [0, 0.05) is 25.9 Å². The van der Waals surface area contributed by atoms with Gasteiger partial charge in [-0.25, -0.2) is 4.79 Å².